The Morgan fingerprint density at radius 2 is 2.33 bits per heavy atom. The minimum absolute atomic E-state index is 0.192. The van der Waals surface area contributed by atoms with Gasteiger partial charge in [-0.25, -0.2) is 0 Å². The van der Waals surface area contributed by atoms with Crippen molar-refractivity contribution in [3.05, 3.63) is 0 Å². The third-order valence-electron chi connectivity index (χ3n) is 2.71. The summed E-state index contributed by atoms with van der Waals surface area (Å²) in [6.45, 7) is 7.56. The van der Waals surface area contributed by atoms with Crippen molar-refractivity contribution in [1.82, 2.24) is 5.32 Å². The van der Waals surface area contributed by atoms with E-state index in [1.165, 1.54) is 0 Å². The lowest BCUT2D eigenvalue weighted by molar-refractivity contribution is -0.00813. The Balaban J connectivity index is 2.25. The van der Waals surface area contributed by atoms with Gasteiger partial charge < -0.3 is 18.9 Å². The van der Waals surface area contributed by atoms with Gasteiger partial charge in [-0.2, -0.15) is 0 Å². The van der Waals surface area contributed by atoms with Gasteiger partial charge in [-0.15, -0.1) is 0 Å². The van der Waals surface area contributed by atoms with Crippen molar-refractivity contribution < 1.29 is 13.6 Å². The highest BCUT2D eigenvalue weighted by atomic mass is 28.4. The van der Waals surface area contributed by atoms with Crippen molar-refractivity contribution in [2.75, 3.05) is 33.4 Å². The highest BCUT2D eigenvalue weighted by molar-refractivity contribution is 6.65. The molecular formula is C10H23NO3Si. The Hall–Kier alpha value is 0.0569. The molecule has 1 rings (SSSR count). The monoisotopic (exact) mass is 233 g/mol. The molecule has 0 bridgehead atoms. The van der Waals surface area contributed by atoms with Crippen LogP contribution < -0.4 is 5.32 Å². The molecule has 0 aliphatic carbocycles. The van der Waals surface area contributed by atoms with Gasteiger partial charge in [-0.3, -0.25) is 0 Å². The van der Waals surface area contributed by atoms with E-state index in [0.717, 1.165) is 32.2 Å². The van der Waals surface area contributed by atoms with Gasteiger partial charge in [0.15, 0.2) is 0 Å². The fraction of sp³-hybridized carbons (Fsp3) is 1.00. The molecule has 4 nitrogen and oxygen atoms in total. The summed E-state index contributed by atoms with van der Waals surface area (Å²) in [7, 11) is -0.163. The van der Waals surface area contributed by atoms with E-state index in [1.807, 2.05) is 0 Å². The average molecular weight is 233 g/mol. The lowest BCUT2D eigenvalue weighted by atomic mass is 10.3. The minimum Gasteiger partial charge on any atom is -0.398 e. The molecule has 1 saturated heterocycles. The van der Waals surface area contributed by atoms with Crippen LogP contribution in [0.1, 0.15) is 13.3 Å². The zero-order valence-corrected chi connectivity index (χ0v) is 11.0. The summed E-state index contributed by atoms with van der Waals surface area (Å²) in [6.07, 6.45) is 1.30. The van der Waals surface area contributed by atoms with Gasteiger partial charge in [0.2, 0.25) is 0 Å². The fourth-order valence-corrected chi connectivity index (χ4v) is 3.60. The van der Waals surface area contributed by atoms with Crippen LogP contribution in [0, 0.1) is 0 Å². The molecule has 0 spiro atoms. The smallest absolute Gasteiger partial charge is 0.334 e. The van der Waals surface area contributed by atoms with E-state index in [1.54, 1.807) is 7.11 Å². The van der Waals surface area contributed by atoms with Crippen LogP contribution in [0.4, 0.5) is 0 Å². The minimum atomic E-state index is -1.92. The highest BCUT2D eigenvalue weighted by Gasteiger charge is 2.30. The molecule has 1 heterocycles. The maximum absolute atomic E-state index is 5.91. The molecule has 1 aliphatic heterocycles. The van der Waals surface area contributed by atoms with Gasteiger partial charge in [-0.05, 0) is 12.6 Å². The number of morpholine rings is 1. The molecule has 90 valence electrons. The van der Waals surface area contributed by atoms with E-state index in [2.05, 4.69) is 18.8 Å². The number of hydrogen-bond donors (Lipinski definition) is 1. The first-order valence-electron chi connectivity index (χ1n) is 5.71. The molecule has 1 fully saturated rings. The van der Waals surface area contributed by atoms with Crippen molar-refractivity contribution in [2.24, 2.45) is 0 Å². The summed E-state index contributed by atoms with van der Waals surface area (Å²) in [5.41, 5.74) is 0. The maximum atomic E-state index is 5.91. The fourth-order valence-electron chi connectivity index (χ4n) is 1.68. The zero-order chi connectivity index (χ0) is 11.1. The van der Waals surface area contributed by atoms with Gasteiger partial charge in [0.1, 0.15) is 0 Å². The molecule has 0 saturated carbocycles. The van der Waals surface area contributed by atoms with Crippen LogP contribution in [-0.2, 0) is 13.6 Å². The van der Waals surface area contributed by atoms with Crippen LogP contribution in [0.5, 0.6) is 0 Å². The SMILES string of the molecule is CCC[Si](C)(OC)OCC1CNCCO1. The van der Waals surface area contributed by atoms with E-state index in [0.29, 0.717) is 6.61 Å². The standard InChI is InChI=1S/C10H23NO3Si/c1-4-7-15(3,12-2)14-9-10-8-11-5-6-13-10/h10-11H,4-9H2,1-3H3. The van der Waals surface area contributed by atoms with Crippen molar-refractivity contribution in [2.45, 2.75) is 32.0 Å². The third kappa shape index (κ3) is 4.61. The Morgan fingerprint density at radius 1 is 1.53 bits per heavy atom. The van der Waals surface area contributed by atoms with Crippen molar-refractivity contribution in [3.8, 4) is 0 Å². The normalized spacial score (nSPS) is 26.2. The largest absolute Gasteiger partial charge is 0.398 e. The summed E-state index contributed by atoms with van der Waals surface area (Å²) in [5.74, 6) is 0. The molecule has 1 N–H and O–H groups in total. The molecule has 15 heavy (non-hydrogen) atoms. The molecule has 0 radical (unpaired) electrons. The molecule has 0 aromatic rings. The first-order valence-corrected chi connectivity index (χ1v) is 8.24. The van der Waals surface area contributed by atoms with Gasteiger partial charge in [-0.1, -0.05) is 13.3 Å². The first kappa shape index (κ1) is 13.1. The Labute approximate surface area is 93.5 Å². The second kappa shape index (κ2) is 6.60. The van der Waals surface area contributed by atoms with E-state index in [-0.39, 0.29) is 6.10 Å². The van der Waals surface area contributed by atoms with Gasteiger partial charge in [0.25, 0.3) is 0 Å². The van der Waals surface area contributed by atoms with Crippen LogP contribution in [0.15, 0.2) is 0 Å². The first-order chi connectivity index (χ1) is 7.20. The van der Waals surface area contributed by atoms with Crippen molar-refractivity contribution >= 4 is 8.56 Å². The molecule has 0 aromatic carbocycles. The summed E-state index contributed by atoms with van der Waals surface area (Å²) in [6, 6.07) is 1.05. The maximum Gasteiger partial charge on any atom is 0.334 e. The Kier molecular flexibility index (Phi) is 5.77. The molecule has 1 aliphatic rings. The Bertz CT molecular complexity index is 176. The predicted molar refractivity (Wildman–Crippen MR) is 62.3 cm³/mol. The van der Waals surface area contributed by atoms with E-state index >= 15 is 0 Å². The summed E-state index contributed by atoms with van der Waals surface area (Å²) in [4.78, 5) is 0. The summed E-state index contributed by atoms with van der Waals surface area (Å²) < 4.78 is 17.0. The van der Waals surface area contributed by atoms with Gasteiger partial charge >= 0.3 is 8.56 Å². The topological polar surface area (TPSA) is 39.7 Å². The third-order valence-corrected chi connectivity index (χ3v) is 5.76. The average Bonchev–Trinajstić information content (AvgIpc) is 2.28. The highest BCUT2D eigenvalue weighted by Crippen LogP contribution is 2.15. The Morgan fingerprint density at radius 3 is 2.87 bits per heavy atom. The van der Waals surface area contributed by atoms with Crippen LogP contribution >= 0.6 is 0 Å². The van der Waals surface area contributed by atoms with Crippen LogP contribution in [-0.4, -0.2) is 48.1 Å². The number of nitrogens with one attached hydrogen (secondary N) is 1. The van der Waals surface area contributed by atoms with E-state index in [4.69, 9.17) is 13.6 Å². The van der Waals surface area contributed by atoms with E-state index in [9.17, 15) is 0 Å². The van der Waals surface area contributed by atoms with Crippen molar-refractivity contribution in [1.29, 1.82) is 0 Å². The van der Waals surface area contributed by atoms with Crippen LogP contribution in [0.3, 0.4) is 0 Å². The number of hydrogen-bond acceptors (Lipinski definition) is 4. The molecule has 2 unspecified atom stereocenters. The van der Waals surface area contributed by atoms with Gasteiger partial charge in [0, 0.05) is 20.2 Å². The lowest BCUT2D eigenvalue weighted by Crippen LogP contribution is -2.45. The quantitative estimate of drug-likeness (QED) is 0.698. The summed E-state index contributed by atoms with van der Waals surface area (Å²) >= 11 is 0. The van der Waals surface area contributed by atoms with Crippen LogP contribution in [0.2, 0.25) is 12.6 Å². The van der Waals surface area contributed by atoms with Crippen molar-refractivity contribution in [3.63, 3.8) is 0 Å². The number of ether oxygens (including phenoxy) is 1. The lowest BCUT2D eigenvalue weighted by Gasteiger charge is -2.29. The van der Waals surface area contributed by atoms with E-state index < -0.39 is 8.56 Å². The molecule has 5 heteroatoms. The van der Waals surface area contributed by atoms with Gasteiger partial charge in [0.05, 0.1) is 19.3 Å². The van der Waals surface area contributed by atoms with Crippen LogP contribution in [0.25, 0.3) is 0 Å². The molecule has 0 aromatic heterocycles. The molecule has 0 amide bonds. The summed E-state index contributed by atoms with van der Waals surface area (Å²) in [5, 5.41) is 3.29. The second-order valence-corrected chi connectivity index (χ2v) is 7.56. The zero-order valence-electron chi connectivity index (χ0n) is 10.0. The predicted octanol–water partition coefficient (Wildman–Crippen LogP) is 1.12. The number of rotatable bonds is 6. The molecule has 2 atom stereocenters. The second-order valence-electron chi connectivity index (χ2n) is 4.10. The molecular weight excluding hydrogens is 210 g/mol.